The first-order chi connectivity index (χ1) is 12.8. The van der Waals surface area contributed by atoms with Gasteiger partial charge < -0.3 is 14.8 Å². The largest absolute Gasteiger partial charge is 0.486 e. The van der Waals surface area contributed by atoms with E-state index >= 15 is 0 Å². The monoisotopic (exact) mass is 367 g/mol. The average Bonchev–Trinajstić information content (AvgIpc) is 3.09. The second kappa shape index (κ2) is 7.53. The molecule has 0 spiro atoms. The molecular formula is C19H17N3O3S. The lowest BCUT2D eigenvalue weighted by Gasteiger charge is -2.18. The van der Waals surface area contributed by atoms with E-state index in [-0.39, 0.29) is 12.3 Å². The van der Waals surface area contributed by atoms with E-state index in [1.807, 2.05) is 23.6 Å². The lowest BCUT2D eigenvalue weighted by atomic mass is 10.2. The van der Waals surface area contributed by atoms with Crippen molar-refractivity contribution < 1.29 is 14.3 Å². The number of hydrogen-bond donors (Lipinski definition) is 1. The molecule has 0 radical (unpaired) electrons. The van der Waals surface area contributed by atoms with Crippen LogP contribution in [-0.4, -0.2) is 29.1 Å². The minimum absolute atomic E-state index is 0.114. The van der Waals surface area contributed by atoms with Gasteiger partial charge in [0.25, 0.3) is 0 Å². The van der Waals surface area contributed by atoms with Crippen LogP contribution in [0.15, 0.2) is 48.0 Å². The summed E-state index contributed by atoms with van der Waals surface area (Å²) in [4.78, 5) is 21.1. The van der Waals surface area contributed by atoms with Gasteiger partial charge in [0.2, 0.25) is 5.91 Å². The molecule has 2 aromatic heterocycles. The van der Waals surface area contributed by atoms with Crippen molar-refractivity contribution in [2.75, 3.05) is 18.5 Å². The van der Waals surface area contributed by atoms with E-state index in [2.05, 4.69) is 15.3 Å². The minimum Gasteiger partial charge on any atom is -0.486 e. The summed E-state index contributed by atoms with van der Waals surface area (Å²) < 4.78 is 11.0. The van der Waals surface area contributed by atoms with Crippen LogP contribution in [0.4, 0.5) is 5.69 Å². The van der Waals surface area contributed by atoms with Crippen LogP contribution in [0, 0.1) is 0 Å². The summed E-state index contributed by atoms with van der Waals surface area (Å²) in [6.45, 7) is 1.06. The summed E-state index contributed by atoms with van der Waals surface area (Å²) in [5.41, 5.74) is 2.41. The van der Waals surface area contributed by atoms with Crippen molar-refractivity contribution in [1.82, 2.24) is 9.97 Å². The number of anilines is 1. The van der Waals surface area contributed by atoms with Crippen molar-refractivity contribution in [3.63, 3.8) is 0 Å². The Hall–Kier alpha value is -2.93. The predicted octanol–water partition coefficient (Wildman–Crippen LogP) is 3.08. The Morgan fingerprint density at radius 3 is 2.85 bits per heavy atom. The number of amides is 1. The molecule has 7 heteroatoms. The van der Waals surface area contributed by atoms with Gasteiger partial charge in [-0.15, -0.1) is 11.3 Å². The number of benzene rings is 1. The second-order valence-electron chi connectivity index (χ2n) is 5.81. The standard InChI is InChI=1S/C19H17N3O3S/c23-18(21-14-4-5-16-17(9-14)25-8-7-24-16)10-15-12-26-19(22-15)11-13-3-1-2-6-20-13/h1-6,9,12H,7-8,10-11H2,(H,21,23). The normalized spacial score (nSPS) is 12.6. The molecule has 0 fully saturated rings. The molecule has 3 aromatic rings. The number of rotatable bonds is 5. The van der Waals surface area contributed by atoms with Gasteiger partial charge in [0, 0.05) is 35.4 Å². The molecule has 26 heavy (non-hydrogen) atoms. The van der Waals surface area contributed by atoms with Gasteiger partial charge in [0.05, 0.1) is 17.1 Å². The van der Waals surface area contributed by atoms with Crippen molar-refractivity contribution in [1.29, 1.82) is 0 Å². The lowest BCUT2D eigenvalue weighted by Crippen LogP contribution is -2.17. The van der Waals surface area contributed by atoms with Crippen molar-refractivity contribution in [2.45, 2.75) is 12.8 Å². The maximum absolute atomic E-state index is 12.3. The highest BCUT2D eigenvalue weighted by Gasteiger charge is 2.14. The zero-order chi connectivity index (χ0) is 17.8. The van der Waals surface area contributed by atoms with Crippen LogP contribution in [0.2, 0.25) is 0 Å². The molecule has 1 amide bonds. The topological polar surface area (TPSA) is 73.3 Å². The summed E-state index contributed by atoms with van der Waals surface area (Å²) in [6.07, 6.45) is 2.67. The fourth-order valence-corrected chi connectivity index (χ4v) is 3.47. The Labute approximate surface area is 154 Å². The molecule has 1 N–H and O–H groups in total. The molecule has 1 aliphatic heterocycles. The van der Waals surface area contributed by atoms with Crippen LogP contribution in [0.25, 0.3) is 0 Å². The van der Waals surface area contributed by atoms with Crippen LogP contribution < -0.4 is 14.8 Å². The number of nitrogens with zero attached hydrogens (tertiary/aromatic N) is 2. The summed E-state index contributed by atoms with van der Waals surface area (Å²) in [6, 6.07) is 11.2. The van der Waals surface area contributed by atoms with Gasteiger partial charge in [-0.1, -0.05) is 6.07 Å². The van der Waals surface area contributed by atoms with Crippen LogP contribution in [0.5, 0.6) is 11.5 Å². The number of pyridine rings is 1. The number of thiazole rings is 1. The highest BCUT2D eigenvalue weighted by Crippen LogP contribution is 2.32. The Bertz CT molecular complexity index is 911. The maximum atomic E-state index is 12.3. The molecular weight excluding hydrogens is 350 g/mol. The number of hydrogen-bond acceptors (Lipinski definition) is 6. The number of fused-ring (bicyclic) bond motifs is 1. The van der Waals surface area contributed by atoms with E-state index in [1.54, 1.807) is 35.7 Å². The van der Waals surface area contributed by atoms with Crippen LogP contribution in [0.3, 0.4) is 0 Å². The smallest absolute Gasteiger partial charge is 0.230 e. The molecule has 0 aliphatic carbocycles. The van der Waals surface area contributed by atoms with Crippen molar-refractivity contribution in [3.05, 3.63) is 64.4 Å². The first-order valence-electron chi connectivity index (χ1n) is 8.29. The van der Waals surface area contributed by atoms with Gasteiger partial charge >= 0.3 is 0 Å². The molecule has 0 atom stereocenters. The quantitative estimate of drug-likeness (QED) is 0.750. The molecule has 0 saturated carbocycles. The molecule has 3 heterocycles. The number of aromatic nitrogens is 2. The van der Waals surface area contributed by atoms with Gasteiger partial charge in [0.1, 0.15) is 13.2 Å². The number of nitrogens with one attached hydrogen (secondary N) is 1. The van der Waals surface area contributed by atoms with Crippen molar-refractivity contribution in [3.8, 4) is 11.5 Å². The SMILES string of the molecule is O=C(Cc1csc(Cc2ccccn2)n1)Nc1ccc2c(c1)OCCO2. The zero-order valence-electron chi connectivity index (χ0n) is 14.0. The van der Waals surface area contributed by atoms with Crippen molar-refractivity contribution in [2.24, 2.45) is 0 Å². The van der Waals surface area contributed by atoms with Gasteiger partial charge in [-0.05, 0) is 24.3 Å². The highest BCUT2D eigenvalue weighted by atomic mass is 32.1. The molecule has 1 aromatic carbocycles. The van der Waals surface area contributed by atoms with E-state index < -0.39 is 0 Å². The van der Waals surface area contributed by atoms with Gasteiger partial charge in [-0.3, -0.25) is 9.78 Å². The van der Waals surface area contributed by atoms with E-state index in [0.717, 1.165) is 16.4 Å². The second-order valence-corrected chi connectivity index (χ2v) is 6.76. The third kappa shape index (κ3) is 4.00. The highest BCUT2D eigenvalue weighted by molar-refractivity contribution is 7.09. The van der Waals surface area contributed by atoms with Crippen molar-refractivity contribution >= 4 is 22.9 Å². The zero-order valence-corrected chi connectivity index (χ0v) is 14.8. The Morgan fingerprint density at radius 2 is 2.00 bits per heavy atom. The fourth-order valence-electron chi connectivity index (χ4n) is 2.66. The van der Waals surface area contributed by atoms with E-state index in [0.29, 0.717) is 36.8 Å². The molecule has 4 rings (SSSR count). The third-order valence-electron chi connectivity index (χ3n) is 3.83. The lowest BCUT2D eigenvalue weighted by molar-refractivity contribution is -0.115. The van der Waals surface area contributed by atoms with Gasteiger partial charge in [-0.25, -0.2) is 4.98 Å². The van der Waals surface area contributed by atoms with Crippen LogP contribution in [-0.2, 0) is 17.6 Å². The van der Waals surface area contributed by atoms with Gasteiger partial charge in [0.15, 0.2) is 11.5 Å². The number of ether oxygens (including phenoxy) is 2. The summed E-state index contributed by atoms with van der Waals surface area (Å²) in [5.74, 6) is 1.24. The predicted molar refractivity (Wildman–Crippen MR) is 98.9 cm³/mol. The third-order valence-corrected chi connectivity index (χ3v) is 4.72. The molecule has 0 saturated heterocycles. The minimum atomic E-state index is -0.114. The molecule has 0 unspecified atom stereocenters. The van der Waals surface area contributed by atoms with Gasteiger partial charge in [-0.2, -0.15) is 0 Å². The first kappa shape index (κ1) is 16.5. The maximum Gasteiger partial charge on any atom is 0.230 e. The van der Waals surface area contributed by atoms with E-state index in [4.69, 9.17) is 9.47 Å². The molecule has 132 valence electrons. The number of carbonyl (C=O) groups excluding carboxylic acids is 1. The number of carbonyl (C=O) groups is 1. The molecule has 1 aliphatic rings. The summed E-state index contributed by atoms with van der Waals surface area (Å²) in [5, 5.41) is 5.75. The molecule has 0 bridgehead atoms. The fraction of sp³-hybridized carbons (Fsp3) is 0.211. The Balaban J connectivity index is 1.36. The van der Waals surface area contributed by atoms with Crippen LogP contribution >= 0.6 is 11.3 Å². The Kier molecular flexibility index (Phi) is 4.79. The van der Waals surface area contributed by atoms with E-state index in [1.165, 1.54) is 0 Å². The first-order valence-corrected chi connectivity index (χ1v) is 9.17. The summed E-state index contributed by atoms with van der Waals surface area (Å²) >= 11 is 1.54. The summed E-state index contributed by atoms with van der Waals surface area (Å²) in [7, 11) is 0. The average molecular weight is 367 g/mol. The Morgan fingerprint density at radius 1 is 1.12 bits per heavy atom. The molecule has 6 nitrogen and oxygen atoms in total. The van der Waals surface area contributed by atoms with E-state index in [9.17, 15) is 4.79 Å². The van der Waals surface area contributed by atoms with Crippen LogP contribution in [0.1, 0.15) is 16.4 Å².